The number of ether oxygens (including phenoxy) is 4. The fraction of sp³-hybridized carbons (Fsp3) is 0.500. The molecule has 0 bridgehead atoms. The summed E-state index contributed by atoms with van der Waals surface area (Å²) in [4.78, 5) is 11.1. The Morgan fingerprint density at radius 3 is 1.60 bits per heavy atom. The normalized spacial score (nSPS) is 15.1. The predicted molar refractivity (Wildman–Crippen MR) is 211 cm³/mol. The molecule has 6 rings (SSSR count). The fourth-order valence-corrected chi connectivity index (χ4v) is 6.95. The number of pyridine rings is 2. The Kier molecular flexibility index (Phi) is 15.4. The molecule has 0 radical (unpaired) electrons. The molecule has 0 aliphatic carbocycles. The third-order valence-corrected chi connectivity index (χ3v) is 10.5. The molecule has 0 atom stereocenters. The van der Waals surface area contributed by atoms with Crippen molar-refractivity contribution in [2.45, 2.75) is 53.4 Å². The summed E-state index contributed by atoms with van der Waals surface area (Å²) in [5.74, 6) is 3.74. The van der Waals surface area contributed by atoms with Gasteiger partial charge in [-0.2, -0.15) is 10.5 Å². The van der Waals surface area contributed by atoms with Gasteiger partial charge in [0.05, 0.1) is 67.5 Å². The first-order chi connectivity index (χ1) is 24.4. The molecule has 10 nitrogen and oxygen atoms in total. The second-order valence-corrected chi connectivity index (χ2v) is 14.4. The number of nitrogens with one attached hydrogen (secondary N) is 1. The Hall–Kier alpha value is -4.22. The molecular weight excluding hydrogens is 699 g/mol. The van der Waals surface area contributed by atoms with Crippen LogP contribution in [0.3, 0.4) is 0 Å². The number of hydrogen-bond donors (Lipinski definition) is 1. The first-order valence-electron chi connectivity index (χ1n) is 17.4. The Balaban J connectivity index is 0.000000230. The summed E-state index contributed by atoms with van der Waals surface area (Å²) in [6.45, 7) is 12.2. The van der Waals surface area contributed by atoms with E-state index in [0.717, 1.165) is 73.7 Å². The molecule has 4 aromatic rings. The van der Waals surface area contributed by atoms with E-state index in [1.54, 1.807) is 46.8 Å². The van der Waals surface area contributed by atoms with E-state index in [1.807, 2.05) is 52.1 Å². The van der Waals surface area contributed by atoms with Crippen LogP contribution in [0, 0.1) is 45.3 Å². The van der Waals surface area contributed by atoms with Gasteiger partial charge in [-0.3, -0.25) is 9.97 Å². The lowest BCUT2D eigenvalue weighted by atomic mass is 9.75. The molecule has 0 amide bonds. The van der Waals surface area contributed by atoms with Gasteiger partial charge < -0.3 is 29.2 Å². The summed E-state index contributed by atoms with van der Waals surface area (Å²) in [6, 6.07) is 16.2. The Morgan fingerprint density at radius 2 is 1.12 bits per heavy atom. The molecule has 1 N–H and O–H groups in total. The molecule has 0 unspecified atom stereocenters. The van der Waals surface area contributed by atoms with Gasteiger partial charge in [0.25, 0.3) is 0 Å². The maximum atomic E-state index is 9.38. The minimum absolute atomic E-state index is 0. The number of nitriles is 2. The molecule has 2 fully saturated rings. The maximum absolute atomic E-state index is 9.38. The predicted octanol–water partition coefficient (Wildman–Crippen LogP) is 8.88. The van der Waals surface area contributed by atoms with Crippen molar-refractivity contribution in [3.05, 3.63) is 53.8 Å². The zero-order chi connectivity index (χ0) is 37.2. The number of fused-ring (bicyclic) bond motifs is 2. The van der Waals surface area contributed by atoms with Crippen LogP contribution in [0.4, 0.5) is 5.69 Å². The van der Waals surface area contributed by atoms with Crippen molar-refractivity contribution in [1.29, 1.82) is 10.5 Å². The van der Waals surface area contributed by atoms with E-state index in [-0.39, 0.29) is 23.2 Å². The standard InChI is InChI=1S/C20H25N3O2.C11H10ClNO2.C9H16N2.ClH/c1-20(2,13-21)14-6-9-23(10-7-14)17-5-8-22-16-12-19(25-4)18(24-3)11-15(16)17;1-14-10-5-7-8(12)3-4-13-9(7)6-11(10)15-2;1-9(2,7-10)8-3-5-11-6-4-8;/h5,8,11-12,14H,6-7,9-10H2,1-4H3;3-6H,1-2H3;8,11H,3-6H2,1-2H3;1H. The van der Waals surface area contributed by atoms with Gasteiger partial charge in [-0.25, -0.2) is 0 Å². The fourth-order valence-electron chi connectivity index (χ4n) is 6.74. The van der Waals surface area contributed by atoms with Crippen LogP contribution < -0.4 is 29.2 Å². The maximum Gasteiger partial charge on any atom is 0.162 e. The first kappa shape index (κ1) is 42.2. The zero-order valence-electron chi connectivity index (χ0n) is 31.6. The van der Waals surface area contributed by atoms with E-state index in [2.05, 4.69) is 38.4 Å². The van der Waals surface area contributed by atoms with Crippen LogP contribution in [0.1, 0.15) is 53.4 Å². The number of aromatic nitrogens is 2. The lowest BCUT2D eigenvalue weighted by Gasteiger charge is -2.38. The van der Waals surface area contributed by atoms with Crippen LogP contribution in [-0.4, -0.2) is 64.6 Å². The summed E-state index contributed by atoms with van der Waals surface area (Å²) in [5.41, 5.74) is 2.47. The highest BCUT2D eigenvalue weighted by molar-refractivity contribution is 6.35. The SMILES string of the molecule is CC(C)(C#N)C1CCNCC1.COc1cc2nccc(Cl)c2cc1OC.COc1cc2nccc(N3CCC(C(C)(C)C#N)CC3)c2cc1OC.Cl. The van der Waals surface area contributed by atoms with Gasteiger partial charge >= 0.3 is 0 Å². The summed E-state index contributed by atoms with van der Waals surface area (Å²) in [6.07, 6.45) is 7.86. The van der Waals surface area contributed by atoms with Gasteiger partial charge in [0.2, 0.25) is 0 Å². The molecule has 4 heterocycles. The van der Waals surface area contributed by atoms with Crippen LogP contribution in [0.2, 0.25) is 5.02 Å². The minimum Gasteiger partial charge on any atom is -0.493 e. The van der Waals surface area contributed by atoms with E-state index in [1.165, 1.54) is 5.69 Å². The average Bonchev–Trinajstić information content (AvgIpc) is 3.17. The second kappa shape index (κ2) is 19.0. The lowest BCUT2D eigenvalue weighted by molar-refractivity contribution is 0.228. The quantitative estimate of drug-likeness (QED) is 0.196. The number of rotatable bonds is 7. The number of hydrogen-bond acceptors (Lipinski definition) is 10. The van der Waals surface area contributed by atoms with E-state index in [9.17, 15) is 5.26 Å². The number of benzene rings is 2. The molecule has 280 valence electrons. The average molecular weight is 752 g/mol. The van der Waals surface area contributed by atoms with Crippen LogP contribution in [-0.2, 0) is 0 Å². The third-order valence-electron chi connectivity index (χ3n) is 10.2. The van der Waals surface area contributed by atoms with Gasteiger partial charge in [0.1, 0.15) is 0 Å². The Bertz CT molecular complexity index is 1860. The minimum atomic E-state index is -0.261. The smallest absolute Gasteiger partial charge is 0.162 e. The van der Waals surface area contributed by atoms with Crippen molar-refractivity contribution in [3.63, 3.8) is 0 Å². The molecule has 0 spiro atoms. The van der Waals surface area contributed by atoms with Gasteiger partial charge in [-0.1, -0.05) is 11.6 Å². The van der Waals surface area contributed by atoms with Gasteiger partial charge in [0.15, 0.2) is 23.0 Å². The van der Waals surface area contributed by atoms with E-state index >= 15 is 0 Å². The molecule has 2 aromatic heterocycles. The van der Waals surface area contributed by atoms with E-state index < -0.39 is 0 Å². The number of methoxy groups -OCH3 is 4. The molecular formula is C40H52Cl2N6O4. The van der Waals surface area contributed by atoms with Crippen molar-refractivity contribution >= 4 is 51.5 Å². The van der Waals surface area contributed by atoms with Gasteiger partial charge in [-0.15, -0.1) is 12.4 Å². The molecule has 2 aliphatic heterocycles. The van der Waals surface area contributed by atoms with Crippen LogP contribution in [0.5, 0.6) is 23.0 Å². The Labute approximate surface area is 319 Å². The number of nitrogens with zero attached hydrogens (tertiary/aromatic N) is 5. The molecule has 2 aliphatic rings. The Morgan fingerprint density at radius 1 is 0.692 bits per heavy atom. The summed E-state index contributed by atoms with van der Waals surface area (Å²) in [5, 5.41) is 24.1. The zero-order valence-corrected chi connectivity index (χ0v) is 33.2. The highest BCUT2D eigenvalue weighted by Gasteiger charge is 2.33. The molecule has 0 saturated carbocycles. The van der Waals surface area contributed by atoms with Gasteiger partial charge in [-0.05, 0) is 103 Å². The van der Waals surface area contributed by atoms with Crippen LogP contribution in [0.25, 0.3) is 21.8 Å². The van der Waals surface area contributed by atoms with Crippen molar-refractivity contribution in [3.8, 4) is 35.1 Å². The van der Waals surface area contributed by atoms with Crippen LogP contribution >= 0.6 is 24.0 Å². The number of piperidine rings is 2. The lowest BCUT2D eigenvalue weighted by Crippen LogP contribution is -2.38. The van der Waals surface area contributed by atoms with Crippen molar-refractivity contribution in [1.82, 2.24) is 15.3 Å². The highest BCUT2D eigenvalue weighted by atomic mass is 35.5. The number of halogens is 2. The summed E-state index contributed by atoms with van der Waals surface area (Å²) < 4.78 is 21.2. The van der Waals surface area contributed by atoms with Crippen molar-refractivity contribution in [2.24, 2.45) is 22.7 Å². The molecule has 12 heteroatoms. The monoisotopic (exact) mass is 750 g/mol. The van der Waals surface area contributed by atoms with E-state index in [4.69, 9.17) is 35.8 Å². The molecule has 2 saturated heterocycles. The molecule has 52 heavy (non-hydrogen) atoms. The largest absolute Gasteiger partial charge is 0.493 e. The summed E-state index contributed by atoms with van der Waals surface area (Å²) in [7, 11) is 6.46. The van der Waals surface area contributed by atoms with Gasteiger partial charge in [0, 0.05) is 54.1 Å². The van der Waals surface area contributed by atoms with Crippen LogP contribution in [0.15, 0.2) is 48.8 Å². The first-order valence-corrected chi connectivity index (χ1v) is 17.8. The third kappa shape index (κ3) is 10.0. The topological polar surface area (TPSA) is 126 Å². The summed E-state index contributed by atoms with van der Waals surface area (Å²) >= 11 is 6.05. The molecule has 2 aromatic carbocycles. The highest BCUT2D eigenvalue weighted by Crippen LogP contribution is 2.40. The second-order valence-electron chi connectivity index (χ2n) is 14.0. The number of anilines is 1. The van der Waals surface area contributed by atoms with Crippen molar-refractivity contribution in [2.75, 3.05) is 59.5 Å². The van der Waals surface area contributed by atoms with E-state index in [0.29, 0.717) is 39.9 Å². The van der Waals surface area contributed by atoms with Crippen molar-refractivity contribution < 1.29 is 18.9 Å².